The molecule has 0 spiro atoms. The van der Waals surface area contributed by atoms with Crippen LogP contribution in [-0.2, 0) is 9.53 Å². The Hall–Kier alpha value is -3.63. The quantitative estimate of drug-likeness (QED) is 0.168. The lowest BCUT2D eigenvalue weighted by molar-refractivity contribution is -0.577. The molecule has 10 heteroatoms. The molecular formula is C27H31N4O4S2+. The predicted octanol–water partition coefficient (Wildman–Crippen LogP) is 4.65. The summed E-state index contributed by atoms with van der Waals surface area (Å²) >= 11 is 5.68. The van der Waals surface area contributed by atoms with Gasteiger partial charge < -0.3 is 20.3 Å². The van der Waals surface area contributed by atoms with Crippen molar-refractivity contribution < 1.29 is 23.7 Å². The maximum Gasteiger partial charge on any atom is 0.341 e. The highest BCUT2D eigenvalue weighted by Crippen LogP contribution is 2.35. The highest BCUT2D eigenvalue weighted by molar-refractivity contribution is 7.84. The number of carbonyl (C=O) groups excluding carboxylic acids is 3. The minimum Gasteiger partial charge on any atom is -0.462 e. The van der Waals surface area contributed by atoms with E-state index in [1.165, 1.54) is 4.90 Å². The standard InChI is InChI=1S/C27H30N4O4S2/c1-7-35-27(34)20-18(4)22(26(33)30(5)6)37-25(20)29-23(32)21(31-11-9-8-10-12-31)24(36)28-19-14-16(2)13-17(3)15-19/h8-15H,7H2,1-6H3,(H2-,28,29,32,33,34,36)/p+1. The normalized spacial score (nSPS) is 11.4. The van der Waals surface area contributed by atoms with Crippen LogP contribution in [-0.4, -0.2) is 43.4 Å². The van der Waals surface area contributed by atoms with Gasteiger partial charge >= 0.3 is 17.6 Å². The number of thiol groups is 1. The molecule has 0 unspecified atom stereocenters. The lowest BCUT2D eigenvalue weighted by Crippen LogP contribution is -2.39. The van der Waals surface area contributed by atoms with Crippen LogP contribution in [0, 0.1) is 20.8 Å². The second-order valence-corrected chi connectivity index (χ2v) is 10.1. The molecule has 1 aromatic carbocycles. The van der Waals surface area contributed by atoms with Gasteiger partial charge in [-0.1, -0.05) is 12.1 Å². The highest BCUT2D eigenvalue weighted by Gasteiger charge is 2.31. The van der Waals surface area contributed by atoms with Crippen LogP contribution < -0.4 is 15.2 Å². The van der Waals surface area contributed by atoms with Gasteiger partial charge in [-0.2, -0.15) is 4.57 Å². The number of carbonyl (C=O) groups is 3. The van der Waals surface area contributed by atoms with E-state index in [0.717, 1.165) is 28.2 Å². The number of aromatic nitrogens is 1. The Kier molecular flexibility index (Phi) is 9.12. The summed E-state index contributed by atoms with van der Waals surface area (Å²) in [5.41, 5.74) is 3.72. The molecule has 0 atom stereocenters. The third kappa shape index (κ3) is 6.58. The van der Waals surface area contributed by atoms with E-state index < -0.39 is 11.9 Å². The molecule has 3 rings (SSSR count). The van der Waals surface area contributed by atoms with Crippen LogP contribution in [0.2, 0.25) is 0 Å². The summed E-state index contributed by atoms with van der Waals surface area (Å²) in [5.74, 6) is -1.40. The fraction of sp³-hybridized carbons (Fsp3) is 0.259. The van der Waals surface area contributed by atoms with Gasteiger partial charge in [0, 0.05) is 31.9 Å². The minimum atomic E-state index is -0.610. The van der Waals surface area contributed by atoms with Gasteiger partial charge in [0.25, 0.3) is 5.91 Å². The molecule has 0 aliphatic carbocycles. The summed E-state index contributed by atoms with van der Waals surface area (Å²) in [6, 6.07) is 11.4. The van der Waals surface area contributed by atoms with Crippen molar-refractivity contribution in [1.82, 2.24) is 4.90 Å². The van der Waals surface area contributed by atoms with Crippen molar-refractivity contribution >= 4 is 58.1 Å². The van der Waals surface area contributed by atoms with Gasteiger partial charge in [-0.3, -0.25) is 9.59 Å². The summed E-state index contributed by atoms with van der Waals surface area (Å²) in [4.78, 5) is 41.1. The second kappa shape index (κ2) is 12.1. The van der Waals surface area contributed by atoms with E-state index in [0.29, 0.717) is 15.5 Å². The van der Waals surface area contributed by atoms with E-state index in [9.17, 15) is 14.4 Å². The Morgan fingerprint density at radius 1 is 1.00 bits per heavy atom. The van der Waals surface area contributed by atoms with Gasteiger partial charge in [-0.25, -0.2) is 4.79 Å². The molecule has 194 valence electrons. The van der Waals surface area contributed by atoms with Gasteiger partial charge in [-0.15, -0.1) is 24.0 Å². The zero-order valence-electron chi connectivity index (χ0n) is 21.7. The second-order valence-electron chi connectivity index (χ2n) is 8.62. The molecule has 0 saturated carbocycles. The first-order valence-electron chi connectivity index (χ1n) is 11.6. The minimum absolute atomic E-state index is 0.157. The zero-order chi connectivity index (χ0) is 27.3. The third-order valence-electron chi connectivity index (χ3n) is 5.35. The van der Waals surface area contributed by atoms with Crippen molar-refractivity contribution in [3.63, 3.8) is 0 Å². The van der Waals surface area contributed by atoms with Crippen molar-refractivity contribution in [1.29, 1.82) is 0 Å². The van der Waals surface area contributed by atoms with Crippen LogP contribution in [0.5, 0.6) is 0 Å². The number of thiophene rings is 1. The lowest BCUT2D eigenvalue weighted by Gasteiger charge is -2.11. The van der Waals surface area contributed by atoms with Gasteiger partial charge in [0.2, 0.25) is 0 Å². The number of aryl methyl sites for hydroxylation is 2. The molecule has 0 saturated heterocycles. The lowest BCUT2D eigenvalue weighted by atomic mass is 10.1. The van der Waals surface area contributed by atoms with Crippen LogP contribution in [0.25, 0.3) is 5.70 Å². The molecule has 3 aromatic rings. The van der Waals surface area contributed by atoms with Gasteiger partial charge in [0.15, 0.2) is 12.4 Å². The molecule has 0 fully saturated rings. The molecule has 2 amide bonds. The molecular weight excluding hydrogens is 508 g/mol. The Morgan fingerprint density at radius 2 is 1.62 bits per heavy atom. The molecule has 37 heavy (non-hydrogen) atoms. The molecule has 0 aliphatic rings. The number of nitrogens with zero attached hydrogens (tertiary/aromatic N) is 2. The molecule has 0 bridgehead atoms. The fourth-order valence-electron chi connectivity index (χ4n) is 3.76. The van der Waals surface area contributed by atoms with Crippen molar-refractivity contribution in [2.75, 3.05) is 31.3 Å². The van der Waals surface area contributed by atoms with E-state index in [-0.39, 0.29) is 28.8 Å². The highest BCUT2D eigenvalue weighted by atomic mass is 32.1. The summed E-state index contributed by atoms with van der Waals surface area (Å²) in [6.07, 6.45) is 3.45. The molecule has 2 heterocycles. The van der Waals surface area contributed by atoms with Crippen LogP contribution in [0.1, 0.15) is 43.6 Å². The van der Waals surface area contributed by atoms with E-state index >= 15 is 0 Å². The number of pyridine rings is 1. The average Bonchev–Trinajstić information content (AvgIpc) is 3.14. The summed E-state index contributed by atoms with van der Waals surface area (Å²) in [6.45, 7) is 7.50. The molecule has 0 aliphatic heterocycles. The summed E-state index contributed by atoms with van der Waals surface area (Å²) in [7, 11) is 3.26. The van der Waals surface area contributed by atoms with Gasteiger partial charge in [0.1, 0.15) is 10.0 Å². The van der Waals surface area contributed by atoms with Crippen molar-refractivity contribution in [2.24, 2.45) is 0 Å². The average molecular weight is 540 g/mol. The molecule has 2 aromatic heterocycles. The number of benzene rings is 1. The topological polar surface area (TPSA) is 91.6 Å². The predicted molar refractivity (Wildman–Crippen MR) is 150 cm³/mol. The van der Waals surface area contributed by atoms with Gasteiger partial charge in [-0.05, 0) is 56.5 Å². The van der Waals surface area contributed by atoms with Crippen molar-refractivity contribution in [2.45, 2.75) is 27.7 Å². The Labute approximate surface area is 226 Å². The SMILES string of the molecule is CCOC(=O)c1c(NC(=O)/C(=C(\S)Nc2cc(C)cc(C)c2)[n+]2ccccc2)sc(C(=O)N(C)C)c1C. The number of esters is 1. The third-order valence-corrected chi connectivity index (χ3v) is 6.87. The van der Waals surface area contributed by atoms with Crippen LogP contribution in [0.4, 0.5) is 10.7 Å². The summed E-state index contributed by atoms with van der Waals surface area (Å²) in [5, 5.41) is 6.57. The maximum absolute atomic E-state index is 13.7. The first-order chi connectivity index (χ1) is 17.5. The molecule has 0 radical (unpaired) electrons. The number of hydrogen-bond acceptors (Lipinski definition) is 7. The maximum atomic E-state index is 13.7. The van der Waals surface area contributed by atoms with Gasteiger partial charge in [0.05, 0.1) is 17.0 Å². The van der Waals surface area contributed by atoms with Crippen molar-refractivity contribution in [3.8, 4) is 0 Å². The van der Waals surface area contributed by atoms with Crippen LogP contribution >= 0.6 is 24.0 Å². The van der Waals surface area contributed by atoms with Crippen LogP contribution in [0.3, 0.4) is 0 Å². The first-order valence-corrected chi connectivity index (χ1v) is 12.9. The van der Waals surface area contributed by atoms with E-state index in [1.807, 2.05) is 32.0 Å². The first kappa shape index (κ1) is 27.9. The van der Waals surface area contributed by atoms with Crippen molar-refractivity contribution in [3.05, 3.63) is 81.0 Å². The number of anilines is 2. The summed E-state index contributed by atoms with van der Waals surface area (Å²) < 4.78 is 6.85. The molecule has 2 N–H and O–H groups in total. The zero-order valence-corrected chi connectivity index (χ0v) is 23.4. The van der Waals surface area contributed by atoms with E-state index in [2.05, 4.69) is 29.3 Å². The monoisotopic (exact) mass is 539 g/mol. The smallest absolute Gasteiger partial charge is 0.341 e. The Balaban J connectivity index is 2.09. The molecule has 8 nitrogen and oxygen atoms in total. The number of ether oxygens (including phenoxy) is 1. The Bertz CT molecular complexity index is 1340. The van der Waals surface area contributed by atoms with E-state index in [4.69, 9.17) is 4.74 Å². The largest absolute Gasteiger partial charge is 0.462 e. The Morgan fingerprint density at radius 3 is 2.19 bits per heavy atom. The number of hydrogen-bond donors (Lipinski definition) is 3. The number of amides is 2. The van der Waals surface area contributed by atoms with E-state index in [1.54, 1.807) is 57.0 Å². The fourth-order valence-corrected chi connectivity index (χ4v) is 5.32. The van der Waals surface area contributed by atoms with Crippen LogP contribution in [0.15, 0.2) is 53.8 Å². The number of rotatable bonds is 8. The number of nitrogens with one attached hydrogen (secondary N) is 2.